The monoisotopic (exact) mass is 158 g/mol. The molecule has 0 amide bonds. The van der Waals surface area contributed by atoms with Gasteiger partial charge in [-0.25, -0.2) is 0 Å². The summed E-state index contributed by atoms with van der Waals surface area (Å²) in [6.07, 6.45) is 3.39. The van der Waals surface area contributed by atoms with Gasteiger partial charge in [-0.3, -0.25) is 0 Å². The van der Waals surface area contributed by atoms with Gasteiger partial charge >= 0.3 is 0 Å². The van der Waals surface area contributed by atoms with Crippen LogP contribution in [0.15, 0.2) is 23.0 Å². The van der Waals surface area contributed by atoms with Gasteiger partial charge in [0, 0.05) is 17.1 Å². The zero-order valence-electron chi connectivity index (χ0n) is 5.62. The van der Waals surface area contributed by atoms with Crippen molar-refractivity contribution in [2.24, 2.45) is 0 Å². The number of hydrogen-bond acceptors (Lipinski definition) is 3. The molecule has 0 aliphatic heterocycles. The minimum absolute atomic E-state index is 0.252. The number of aliphatic hydroxyl groups is 1. The molecule has 1 N–H and O–H groups in total. The minimum Gasteiger partial charge on any atom is -0.472 e. The van der Waals surface area contributed by atoms with Crippen molar-refractivity contribution < 1.29 is 9.52 Å². The molecule has 0 fully saturated rings. The second-order valence-electron chi connectivity index (χ2n) is 1.91. The summed E-state index contributed by atoms with van der Waals surface area (Å²) in [5.41, 5.74) is 1.18. The van der Waals surface area contributed by atoms with Gasteiger partial charge in [-0.15, -0.1) is 0 Å². The van der Waals surface area contributed by atoms with Crippen LogP contribution in [0, 0.1) is 0 Å². The third-order valence-corrected chi connectivity index (χ3v) is 2.09. The molecular formula is C7H10O2S. The van der Waals surface area contributed by atoms with Crippen LogP contribution >= 0.6 is 11.8 Å². The van der Waals surface area contributed by atoms with Crippen molar-refractivity contribution >= 4 is 11.8 Å². The average Bonchev–Trinajstić information content (AvgIpc) is 2.41. The van der Waals surface area contributed by atoms with Crippen LogP contribution in [0.1, 0.15) is 5.56 Å². The quantitative estimate of drug-likeness (QED) is 0.674. The van der Waals surface area contributed by atoms with E-state index < -0.39 is 0 Å². The van der Waals surface area contributed by atoms with E-state index in [-0.39, 0.29) is 6.61 Å². The second-order valence-corrected chi connectivity index (χ2v) is 3.01. The molecule has 0 saturated carbocycles. The zero-order chi connectivity index (χ0) is 7.23. The summed E-state index contributed by atoms with van der Waals surface area (Å²) >= 11 is 1.70. The average molecular weight is 158 g/mol. The fourth-order valence-electron chi connectivity index (χ4n) is 0.629. The Labute approximate surface area is 64.2 Å². The fourth-order valence-corrected chi connectivity index (χ4v) is 1.30. The highest BCUT2D eigenvalue weighted by Gasteiger charge is 1.92. The molecule has 0 unspecified atom stereocenters. The van der Waals surface area contributed by atoms with Gasteiger partial charge in [0.05, 0.1) is 19.1 Å². The number of hydrogen-bond donors (Lipinski definition) is 1. The summed E-state index contributed by atoms with van der Waals surface area (Å²) in [7, 11) is 0. The molecule has 1 aromatic heterocycles. The third-order valence-electron chi connectivity index (χ3n) is 1.08. The van der Waals surface area contributed by atoms with Crippen molar-refractivity contribution in [3.05, 3.63) is 24.2 Å². The summed E-state index contributed by atoms with van der Waals surface area (Å²) in [6, 6.07) is 1.93. The van der Waals surface area contributed by atoms with E-state index in [9.17, 15) is 0 Å². The molecule has 56 valence electrons. The molecule has 0 radical (unpaired) electrons. The molecule has 3 heteroatoms. The molecule has 0 atom stereocenters. The van der Waals surface area contributed by atoms with Crippen LogP contribution < -0.4 is 0 Å². The van der Waals surface area contributed by atoms with Crippen LogP contribution in [-0.2, 0) is 5.75 Å². The van der Waals surface area contributed by atoms with E-state index >= 15 is 0 Å². The molecule has 0 aliphatic carbocycles. The van der Waals surface area contributed by atoms with E-state index in [0.717, 1.165) is 11.5 Å². The first-order valence-corrected chi connectivity index (χ1v) is 4.28. The molecule has 0 aromatic carbocycles. The lowest BCUT2D eigenvalue weighted by Gasteiger charge is -1.93. The predicted octanol–water partition coefficient (Wildman–Crippen LogP) is 1.51. The maximum Gasteiger partial charge on any atom is 0.0942 e. The van der Waals surface area contributed by atoms with E-state index in [4.69, 9.17) is 9.52 Å². The predicted molar refractivity (Wildman–Crippen MR) is 42.0 cm³/mol. The van der Waals surface area contributed by atoms with Crippen molar-refractivity contribution in [3.8, 4) is 0 Å². The fraction of sp³-hybridized carbons (Fsp3) is 0.429. The number of rotatable bonds is 4. The smallest absolute Gasteiger partial charge is 0.0942 e. The molecule has 10 heavy (non-hydrogen) atoms. The Morgan fingerprint density at radius 3 is 3.10 bits per heavy atom. The molecule has 0 aliphatic rings. The molecular weight excluding hydrogens is 148 g/mol. The lowest BCUT2D eigenvalue weighted by molar-refractivity contribution is 0.322. The van der Waals surface area contributed by atoms with Gasteiger partial charge in [-0.2, -0.15) is 11.8 Å². The zero-order valence-corrected chi connectivity index (χ0v) is 6.43. The standard InChI is InChI=1S/C7H10O2S/c8-2-4-10-6-7-1-3-9-5-7/h1,3,5,8H,2,4,6H2. The Morgan fingerprint density at radius 1 is 1.60 bits per heavy atom. The van der Waals surface area contributed by atoms with E-state index in [1.165, 1.54) is 5.56 Å². The number of furan rings is 1. The summed E-state index contributed by atoms with van der Waals surface area (Å²) in [4.78, 5) is 0. The van der Waals surface area contributed by atoms with Crippen molar-refractivity contribution in [1.29, 1.82) is 0 Å². The largest absolute Gasteiger partial charge is 0.472 e. The Balaban J connectivity index is 2.15. The summed E-state index contributed by atoms with van der Waals surface area (Å²) in [5.74, 6) is 1.72. The molecule has 2 nitrogen and oxygen atoms in total. The molecule has 0 saturated heterocycles. The lowest BCUT2D eigenvalue weighted by atomic mass is 10.4. The summed E-state index contributed by atoms with van der Waals surface area (Å²) in [6.45, 7) is 0.252. The first-order chi connectivity index (χ1) is 4.93. The maximum absolute atomic E-state index is 8.45. The van der Waals surface area contributed by atoms with Crippen LogP contribution in [0.3, 0.4) is 0 Å². The Kier molecular flexibility index (Phi) is 3.40. The first kappa shape index (κ1) is 7.69. The van der Waals surface area contributed by atoms with Gasteiger partial charge in [-0.1, -0.05) is 0 Å². The van der Waals surface area contributed by atoms with Crippen molar-refractivity contribution in [1.82, 2.24) is 0 Å². The third kappa shape index (κ3) is 2.45. The van der Waals surface area contributed by atoms with Crippen LogP contribution in [0.25, 0.3) is 0 Å². The minimum atomic E-state index is 0.252. The molecule has 0 bridgehead atoms. The maximum atomic E-state index is 8.45. The van der Waals surface area contributed by atoms with Gasteiger partial charge in [0.2, 0.25) is 0 Å². The van der Waals surface area contributed by atoms with Gasteiger partial charge < -0.3 is 9.52 Å². The molecule has 1 aromatic rings. The van der Waals surface area contributed by atoms with Gasteiger partial charge in [0.15, 0.2) is 0 Å². The second kappa shape index (κ2) is 4.41. The van der Waals surface area contributed by atoms with Gasteiger partial charge in [0.25, 0.3) is 0 Å². The van der Waals surface area contributed by atoms with Gasteiger partial charge in [0.1, 0.15) is 0 Å². The number of thioether (sulfide) groups is 1. The lowest BCUT2D eigenvalue weighted by Crippen LogP contribution is -1.85. The first-order valence-electron chi connectivity index (χ1n) is 3.13. The van der Waals surface area contributed by atoms with E-state index in [2.05, 4.69) is 0 Å². The Hall–Kier alpha value is -0.410. The Morgan fingerprint density at radius 2 is 2.50 bits per heavy atom. The Bertz CT molecular complexity index is 160. The van der Waals surface area contributed by atoms with Gasteiger partial charge in [-0.05, 0) is 6.07 Å². The molecule has 0 spiro atoms. The normalized spacial score (nSPS) is 10.1. The molecule has 1 heterocycles. The molecule has 1 rings (SSSR count). The number of aliphatic hydroxyl groups excluding tert-OH is 1. The topological polar surface area (TPSA) is 33.4 Å². The van der Waals surface area contributed by atoms with Crippen molar-refractivity contribution in [3.63, 3.8) is 0 Å². The van der Waals surface area contributed by atoms with E-state index in [1.807, 2.05) is 6.07 Å². The summed E-state index contributed by atoms with van der Waals surface area (Å²) < 4.78 is 4.87. The SMILES string of the molecule is OCCSCc1ccoc1. The van der Waals surface area contributed by atoms with E-state index in [1.54, 1.807) is 24.3 Å². The van der Waals surface area contributed by atoms with Crippen LogP contribution in [-0.4, -0.2) is 17.5 Å². The van der Waals surface area contributed by atoms with Crippen LogP contribution in [0.5, 0.6) is 0 Å². The summed E-state index contributed by atoms with van der Waals surface area (Å²) in [5, 5.41) is 8.45. The highest BCUT2D eigenvalue weighted by molar-refractivity contribution is 7.98. The highest BCUT2D eigenvalue weighted by Crippen LogP contribution is 2.10. The van der Waals surface area contributed by atoms with E-state index in [0.29, 0.717) is 0 Å². The van der Waals surface area contributed by atoms with Crippen molar-refractivity contribution in [2.45, 2.75) is 5.75 Å². The highest BCUT2D eigenvalue weighted by atomic mass is 32.2. The van der Waals surface area contributed by atoms with Crippen LogP contribution in [0.2, 0.25) is 0 Å². The van der Waals surface area contributed by atoms with Crippen molar-refractivity contribution in [2.75, 3.05) is 12.4 Å². The van der Waals surface area contributed by atoms with Crippen LogP contribution in [0.4, 0.5) is 0 Å².